The number of amides is 1. The first-order valence-corrected chi connectivity index (χ1v) is 5.06. The highest BCUT2D eigenvalue weighted by molar-refractivity contribution is 6.37. The van der Waals surface area contributed by atoms with E-state index in [1.165, 1.54) is 12.1 Å². The van der Waals surface area contributed by atoms with Crippen molar-refractivity contribution in [3.63, 3.8) is 0 Å². The fraction of sp³-hybridized carbons (Fsp3) is 0. The summed E-state index contributed by atoms with van der Waals surface area (Å²) < 4.78 is 4.99. The molecule has 0 aliphatic heterocycles. The van der Waals surface area contributed by atoms with Gasteiger partial charge in [-0.3, -0.25) is 4.79 Å². The number of primary amides is 1. The standard InChI is InChI=1S/C9H5Cl2N3O3/c10-4-1-3(2-5(11)6(4)15)8-13-14-9(17-8)7(12)16/h1-2,15H,(H2,12,16). The SMILES string of the molecule is NC(=O)c1nnc(-c2cc(Cl)c(O)c(Cl)c2)o1. The monoisotopic (exact) mass is 273 g/mol. The zero-order valence-corrected chi connectivity index (χ0v) is 9.66. The van der Waals surface area contributed by atoms with Gasteiger partial charge in [0, 0.05) is 5.56 Å². The molecule has 1 aromatic carbocycles. The van der Waals surface area contributed by atoms with Crippen molar-refractivity contribution in [3.8, 4) is 17.2 Å². The quantitative estimate of drug-likeness (QED) is 0.869. The van der Waals surface area contributed by atoms with Gasteiger partial charge in [0.1, 0.15) is 0 Å². The number of hydrogen-bond acceptors (Lipinski definition) is 5. The highest BCUT2D eigenvalue weighted by atomic mass is 35.5. The first-order chi connectivity index (χ1) is 7.99. The van der Waals surface area contributed by atoms with E-state index >= 15 is 0 Å². The molecule has 1 heterocycles. The van der Waals surface area contributed by atoms with E-state index in [1.54, 1.807) is 0 Å². The Balaban J connectivity index is 2.49. The number of phenolic OH excluding ortho intramolecular Hbond substituents is 1. The summed E-state index contributed by atoms with van der Waals surface area (Å²) in [5, 5.41) is 16.5. The van der Waals surface area contributed by atoms with Gasteiger partial charge in [-0.05, 0) is 12.1 Å². The van der Waals surface area contributed by atoms with Gasteiger partial charge in [0.05, 0.1) is 10.0 Å². The van der Waals surface area contributed by atoms with Gasteiger partial charge in [0.25, 0.3) is 0 Å². The van der Waals surface area contributed by atoms with Gasteiger partial charge in [-0.25, -0.2) is 0 Å². The molecule has 3 N–H and O–H groups in total. The number of nitrogens with zero attached hydrogens (tertiary/aromatic N) is 2. The van der Waals surface area contributed by atoms with Crippen molar-refractivity contribution in [3.05, 3.63) is 28.1 Å². The van der Waals surface area contributed by atoms with Crippen LogP contribution in [0.15, 0.2) is 16.5 Å². The zero-order valence-electron chi connectivity index (χ0n) is 8.15. The summed E-state index contributed by atoms with van der Waals surface area (Å²) in [4.78, 5) is 10.8. The first-order valence-electron chi connectivity index (χ1n) is 4.30. The molecule has 17 heavy (non-hydrogen) atoms. The summed E-state index contributed by atoms with van der Waals surface area (Å²) >= 11 is 11.4. The van der Waals surface area contributed by atoms with Crippen LogP contribution in [0, 0.1) is 0 Å². The molecular weight excluding hydrogens is 269 g/mol. The van der Waals surface area contributed by atoms with Crippen LogP contribution in [0.2, 0.25) is 10.0 Å². The molecule has 6 nitrogen and oxygen atoms in total. The van der Waals surface area contributed by atoms with Gasteiger partial charge in [0.2, 0.25) is 5.89 Å². The molecule has 2 rings (SSSR count). The maximum atomic E-state index is 10.8. The van der Waals surface area contributed by atoms with E-state index in [0.29, 0.717) is 5.56 Å². The van der Waals surface area contributed by atoms with E-state index in [0.717, 1.165) is 0 Å². The third kappa shape index (κ3) is 2.17. The second-order valence-corrected chi connectivity index (χ2v) is 3.88. The Morgan fingerprint density at radius 2 is 1.88 bits per heavy atom. The molecule has 8 heteroatoms. The fourth-order valence-corrected chi connectivity index (χ4v) is 1.62. The summed E-state index contributed by atoms with van der Waals surface area (Å²) in [5.74, 6) is -1.37. The number of carbonyl (C=O) groups excluding carboxylic acids is 1. The van der Waals surface area contributed by atoms with Crippen molar-refractivity contribution in [2.24, 2.45) is 5.73 Å². The third-order valence-corrected chi connectivity index (χ3v) is 2.48. The molecule has 2 aromatic rings. The largest absolute Gasteiger partial charge is 0.505 e. The van der Waals surface area contributed by atoms with E-state index in [1.807, 2.05) is 0 Å². The number of halogens is 2. The normalized spacial score (nSPS) is 10.5. The average Bonchev–Trinajstić information content (AvgIpc) is 2.74. The number of benzene rings is 1. The van der Waals surface area contributed by atoms with Gasteiger partial charge >= 0.3 is 11.8 Å². The average molecular weight is 274 g/mol. The number of nitrogens with two attached hydrogens (primary N) is 1. The van der Waals surface area contributed by atoms with Gasteiger partial charge in [-0.1, -0.05) is 23.2 Å². The lowest BCUT2D eigenvalue weighted by Crippen LogP contribution is -2.10. The molecule has 0 unspecified atom stereocenters. The summed E-state index contributed by atoms with van der Waals surface area (Å²) in [7, 11) is 0. The van der Waals surface area contributed by atoms with E-state index in [9.17, 15) is 9.90 Å². The molecular formula is C9H5Cl2N3O3. The Morgan fingerprint density at radius 1 is 1.29 bits per heavy atom. The van der Waals surface area contributed by atoms with E-state index < -0.39 is 5.91 Å². The van der Waals surface area contributed by atoms with Crippen LogP contribution in [0.4, 0.5) is 0 Å². The topological polar surface area (TPSA) is 102 Å². The van der Waals surface area contributed by atoms with Crippen molar-refractivity contribution in [2.45, 2.75) is 0 Å². The van der Waals surface area contributed by atoms with Gasteiger partial charge < -0.3 is 15.3 Å². The van der Waals surface area contributed by atoms with Crippen LogP contribution in [0.1, 0.15) is 10.7 Å². The molecule has 0 aliphatic carbocycles. The minimum Gasteiger partial charge on any atom is -0.505 e. The molecule has 1 amide bonds. The van der Waals surface area contributed by atoms with Crippen LogP contribution >= 0.6 is 23.2 Å². The molecule has 0 atom stereocenters. The molecule has 0 radical (unpaired) electrons. The van der Waals surface area contributed by atoms with Crippen LogP contribution in [-0.2, 0) is 0 Å². The van der Waals surface area contributed by atoms with Crippen LogP contribution in [-0.4, -0.2) is 21.2 Å². The van der Waals surface area contributed by atoms with Crippen LogP contribution in [0.25, 0.3) is 11.5 Å². The Bertz CT molecular complexity index is 574. The number of carbonyl (C=O) groups is 1. The minimum absolute atomic E-state index is 0.0302. The zero-order chi connectivity index (χ0) is 12.6. The number of rotatable bonds is 2. The number of phenols is 1. The Morgan fingerprint density at radius 3 is 2.35 bits per heavy atom. The lowest BCUT2D eigenvalue weighted by Gasteiger charge is -2.01. The third-order valence-electron chi connectivity index (χ3n) is 1.90. The second-order valence-electron chi connectivity index (χ2n) is 3.07. The Hall–Kier alpha value is -1.79. The van der Waals surface area contributed by atoms with Crippen molar-refractivity contribution >= 4 is 29.1 Å². The molecule has 0 saturated carbocycles. The van der Waals surface area contributed by atoms with E-state index in [4.69, 9.17) is 33.4 Å². The lowest BCUT2D eigenvalue weighted by molar-refractivity contribution is 0.0968. The van der Waals surface area contributed by atoms with Crippen molar-refractivity contribution in [1.29, 1.82) is 0 Å². The van der Waals surface area contributed by atoms with Crippen LogP contribution in [0.5, 0.6) is 5.75 Å². The molecule has 88 valence electrons. The van der Waals surface area contributed by atoms with Crippen molar-refractivity contribution in [2.75, 3.05) is 0 Å². The van der Waals surface area contributed by atoms with Crippen molar-refractivity contribution < 1.29 is 14.3 Å². The summed E-state index contributed by atoms with van der Waals surface area (Å²) in [6, 6.07) is 2.75. The highest BCUT2D eigenvalue weighted by Gasteiger charge is 2.15. The molecule has 0 spiro atoms. The Kier molecular flexibility index (Phi) is 2.91. The molecule has 0 saturated heterocycles. The van der Waals surface area contributed by atoms with Gasteiger partial charge in [-0.2, -0.15) is 0 Å². The molecule has 0 bridgehead atoms. The summed E-state index contributed by atoms with van der Waals surface area (Å²) in [6.45, 7) is 0. The Labute approximate surface area is 105 Å². The fourth-order valence-electron chi connectivity index (χ4n) is 1.13. The number of hydrogen-bond donors (Lipinski definition) is 2. The van der Waals surface area contributed by atoms with Gasteiger partial charge in [0.15, 0.2) is 5.75 Å². The number of aromatic hydroxyl groups is 1. The summed E-state index contributed by atoms with van der Waals surface area (Å²) in [6.07, 6.45) is 0. The predicted molar refractivity (Wildman–Crippen MR) is 59.9 cm³/mol. The second kappa shape index (κ2) is 4.23. The molecule has 0 aliphatic rings. The van der Waals surface area contributed by atoms with E-state index in [-0.39, 0.29) is 27.6 Å². The van der Waals surface area contributed by atoms with Crippen LogP contribution in [0.3, 0.4) is 0 Å². The van der Waals surface area contributed by atoms with Gasteiger partial charge in [-0.15, -0.1) is 10.2 Å². The molecule has 0 fully saturated rings. The van der Waals surface area contributed by atoms with E-state index in [2.05, 4.69) is 10.2 Å². The molecule has 1 aromatic heterocycles. The lowest BCUT2D eigenvalue weighted by atomic mass is 10.2. The highest BCUT2D eigenvalue weighted by Crippen LogP contribution is 2.35. The maximum Gasteiger partial charge on any atom is 0.306 e. The van der Waals surface area contributed by atoms with Crippen molar-refractivity contribution in [1.82, 2.24) is 10.2 Å². The number of aromatic nitrogens is 2. The maximum absolute atomic E-state index is 10.8. The smallest absolute Gasteiger partial charge is 0.306 e. The van der Waals surface area contributed by atoms with Crippen LogP contribution < -0.4 is 5.73 Å². The first kappa shape index (κ1) is 11.7. The summed E-state index contributed by atoms with van der Waals surface area (Å²) in [5.41, 5.74) is 5.33. The predicted octanol–water partition coefficient (Wildman–Crippen LogP) is 1.85. The minimum atomic E-state index is -0.834.